The molecule has 2 nitrogen and oxygen atoms in total. The molecule has 0 radical (unpaired) electrons. The standard InChI is InChI=1S/C19H11ClF2N2S/c20-14-6-12(11-23)7-15(8-14)25-24-19-9-16(17(21)10-18(19)22)13-4-2-1-3-5-13/h1-10,24H. The largest absolute Gasteiger partial charge is 0.323 e. The molecule has 0 bridgehead atoms. The Morgan fingerprint density at radius 2 is 1.72 bits per heavy atom. The van der Waals surface area contributed by atoms with Crippen molar-refractivity contribution in [2.75, 3.05) is 4.72 Å². The molecule has 0 saturated carbocycles. The van der Waals surface area contributed by atoms with Crippen LogP contribution in [-0.4, -0.2) is 0 Å². The van der Waals surface area contributed by atoms with Crippen molar-refractivity contribution in [2.24, 2.45) is 0 Å². The number of nitrogens with zero attached hydrogens (tertiary/aromatic N) is 1. The van der Waals surface area contributed by atoms with E-state index in [0.29, 0.717) is 26.6 Å². The average Bonchev–Trinajstić information content (AvgIpc) is 2.61. The van der Waals surface area contributed by atoms with Gasteiger partial charge in [-0.3, -0.25) is 0 Å². The van der Waals surface area contributed by atoms with Gasteiger partial charge in [0.25, 0.3) is 0 Å². The van der Waals surface area contributed by atoms with Gasteiger partial charge in [0.1, 0.15) is 11.6 Å². The molecule has 3 rings (SSSR count). The predicted octanol–water partition coefficient (Wildman–Crippen LogP) is 6.28. The molecule has 0 aliphatic carbocycles. The minimum atomic E-state index is -0.702. The van der Waals surface area contributed by atoms with E-state index in [1.807, 2.05) is 12.1 Å². The van der Waals surface area contributed by atoms with Crippen molar-refractivity contribution in [1.29, 1.82) is 5.26 Å². The summed E-state index contributed by atoms with van der Waals surface area (Å²) in [6.45, 7) is 0. The number of nitriles is 1. The molecular formula is C19H11ClF2N2S. The maximum atomic E-state index is 14.1. The Morgan fingerprint density at radius 1 is 0.960 bits per heavy atom. The number of nitrogens with one attached hydrogen (secondary N) is 1. The first-order valence-corrected chi connectivity index (χ1v) is 8.44. The quantitative estimate of drug-likeness (QED) is 0.548. The second-order valence-electron chi connectivity index (χ2n) is 5.17. The van der Waals surface area contributed by atoms with Gasteiger partial charge in [0.15, 0.2) is 0 Å². The van der Waals surface area contributed by atoms with Crippen LogP contribution in [0.4, 0.5) is 14.5 Å². The van der Waals surface area contributed by atoms with Gasteiger partial charge in [-0.1, -0.05) is 41.9 Å². The van der Waals surface area contributed by atoms with Crippen LogP contribution in [0.25, 0.3) is 11.1 Å². The molecular weight excluding hydrogens is 362 g/mol. The van der Waals surface area contributed by atoms with Gasteiger partial charge in [-0.2, -0.15) is 5.26 Å². The summed E-state index contributed by atoms with van der Waals surface area (Å²) in [6, 6.07) is 18.0. The van der Waals surface area contributed by atoms with Crippen molar-refractivity contribution < 1.29 is 8.78 Å². The number of halogens is 3. The Morgan fingerprint density at radius 3 is 2.44 bits per heavy atom. The summed E-state index contributed by atoms with van der Waals surface area (Å²) in [7, 11) is 0. The van der Waals surface area contributed by atoms with E-state index in [4.69, 9.17) is 16.9 Å². The second kappa shape index (κ2) is 7.56. The smallest absolute Gasteiger partial charge is 0.150 e. The summed E-state index contributed by atoms with van der Waals surface area (Å²) in [4.78, 5) is 0.647. The summed E-state index contributed by atoms with van der Waals surface area (Å²) >= 11 is 7.05. The van der Waals surface area contributed by atoms with Gasteiger partial charge < -0.3 is 4.72 Å². The zero-order valence-electron chi connectivity index (χ0n) is 12.8. The zero-order valence-corrected chi connectivity index (χ0v) is 14.3. The average molecular weight is 373 g/mol. The maximum absolute atomic E-state index is 14.1. The van der Waals surface area contributed by atoms with E-state index < -0.39 is 11.6 Å². The highest BCUT2D eigenvalue weighted by Crippen LogP contribution is 2.31. The van der Waals surface area contributed by atoms with Crippen LogP contribution in [0, 0.1) is 23.0 Å². The number of hydrogen-bond donors (Lipinski definition) is 1. The molecule has 0 atom stereocenters. The predicted molar refractivity (Wildman–Crippen MR) is 97.4 cm³/mol. The van der Waals surface area contributed by atoms with Gasteiger partial charge in [0.05, 0.1) is 17.3 Å². The van der Waals surface area contributed by atoms with E-state index in [0.717, 1.165) is 18.0 Å². The molecule has 0 fully saturated rings. The van der Waals surface area contributed by atoms with Crippen molar-refractivity contribution in [3.63, 3.8) is 0 Å². The molecule has 0 aromatic heterocycles. The fourth-order valence-corrected chi connectivity index (χ4v) is 3.32. The van der Waals surface area contributed by atoms with Gasteiger partial charge in [-0.05, 0) is 41.8 Å². The van der Waals surface area contributed by atoms with Crippen LogP contribution in [0.3, 0.4) is 0 Å². The van der Waals surface area contributed by atoms with Crippen LogP contribution in [-0.2, 0) is 0 Å². The van der Waals surface area contributed by atoms with Crippen molar-refractivity contribution in [1.82, 2.24) is 0 Å². The van der Waals surface area contributed by atoms with E-state index in [1.54, 1.807) is 36.4 Å². The summed E-state index contributed by atoms with van der Waals surface area (Å²) in [5.74, 6) is -1.33. The first-order valence-electron chi connectivity index (χ1n) is 7.25. The number of anilines is 1. The highest BCUT2D eigenvalue weighted by Gasteiger charge is 2.12. The molecule has 3 aromatic rings. The summed E-state index contributed by atoms with van der Waals surface area (Å²) in [6.07, 6.45) is 0. The SMILES string of the molecule is N#Cc1cc(Cl)cc(SNc2cc(-c3ccccc3)c(F)cc2F)c1. The molecule has 0 heterocycles. The summed E-state index contributed by atoms with van der Waals surface area (Å²) in [5, 5.41) is 9.38. The molecule has 0 aliphatic heterocycles. The number of hydrogen-bond acceptors (Lipinski definition) is 3. The van der Waals surface area contributed by atoms with Gasteiger partial charge in [0.2, 0.25) is 0 Å². The van der Waals surface area contributed by atoms with Crippen molar-refractivity contribution in [2.45, 2.75) is 4.90 Å². The maximum Gasteiger partial charge on any atom is 0.150 e. The van der Waals surface area contributed by atoms with Crippen LogP contribution in [0.2, 0.25) is 5.02 Å². The second-order valence-corrected chi connectivity index (χ2v) is 6.49. The van der Waals surface area contributed by atoms with E-state index in [9.17, 15) is 8.78 Å². The molecule has 0 aliphatic rings. The molecule has 0 amide bonds. The van der Waals surface area contributed by atoms with Crippen LogP contribution in [0.1, 0.15) is 5.56 Å². The topological polar surface area (TPSA) is 35.8 Å². The molecule has 25 heavy (non-hydrogen) atoms. The summed E-state index contributed by atoms with van der Waals surface area (Å²) < 4.78 is 31.0. The third-order valence-corrected chi connectivity index (χ3v) is 4.43. The molecule has 1 N–H and O–H groups in total. The number of benzene rings is 3. The first kappa shape index (κ1) is 17.3. The monoisotopic (exact) mass is 372 g/mol. The van der Waals surface area contributed by atoms with Crippen molar-refractivity contribution >= 4 is 29.2 Å². The van der Waals surface area contributed by atoms with Crippen LogP contribution in [0.15, 0.2) is 65.6 Å². The van der Waals surface area contributed by atoms with Crippen LogP contribution >= 0.6 is 23.5 Å². The van der Waals surface area contributed by atoms with E-state index in [-0.39, 0.29) is 5.69 Å². The fourth-order valence-electron chi connectivity index (χ4n) is 2.27. The third-order valence-electron chi connectivity index (χ3n) is 3.42. The molecule has 124 valence electrons. The lowest BCUT2D eigenvalue weighted by Gasteiger charge is -2.11. The number of rotatable bonds is 4. The minimum Gasteiger partial charge on any atom is -0.323 e. The first-order chi connectivity index (χ1) is 12.1. The molecule has 0 unspecified atom stereocenters. The summed E-state index contributed by atoms with van der Waals surface area (Å²) in [5.41, 5.74) is 1.50. The highest BCUT2D eigenvalue weighted by molar-refractivity contribution is 8.00. The zero-order chi connectivity index (χ0) is 17.8. The minimum absolute atomic E-state index is 0.142. The Labute approximate surface area is 153 Å². The lowest BCUT2D eigenvalue weighted by molar-refractivity contribution is 0.588. The Kier molecular flexibility index (Phi) is 5.22. The molecule has 6 heteroatoms. The van der Waals surface area contributed by atoms with E-state index in [1.165, 1.54) is 12.1 Å². The Balaban J connectivity index is 1.88. The van der Waals surface area contributed by atoms with Crippen LogP contribution < -0.4 is 4.72 Å². The highest BCUT2D eigenvalue weighted by atomic mass is 35.5. The molecule has 3 aromatic carbocycles. The Hall–Kier alpha value is -2.55. The van der Waals surface area contributed by atoms with Crippen LogP contribution in [0.5, 0.6) is 0 Å². The van der Waals surface area contributed by atoms with Crippen molar-refractivity contribution in [3.05, 3.63) is 82.9 Å². The molecule has 0 spiro atoms. The lowest BCUT2D eigenvalue weighted by Crippen LogP contribution is -1.95. The van der Waals surface area contributed by atoms with E-state index >= 15 is 0 Å². The van der Waals surface area contributed by atoms with Gasteiger partial charge >= 0.3 is 0 Å². The normalized spacial score (nSPS) is 10.3. The molecule has 0 saturated heterocycles. The fraction of sp³-hybridized carbons (Fsp3) is 0. The lowest BCUT2D eigenvalue weighted by atomic mass is 10.0. The van der Waals surface area contributed by atoms with Gasteiger partial charge in [0, 0.05) is 21.5 Å². The van der Waals surface area contributed by atoms with Crippen molar-refractivity contribution in [3.8, 4) is 17.2 Å². The van der Waals surface area contributed by atoms with E-state index in [2.05, 4.69) is 4.72 Å². The third kappa shape index (κ3) is 4.11. The van der Waals surface area contributed by atoms with Gasteiger partial charge in [-0.15, -0.1) is 0 Å². The van der Waals surface area contributed by atoms with Gasteiger partial charge in [-0.25, -0.2) is 8.78 Å². The Bertz CT molecular complexity index is 956.